The number of hydrogen-bond donors (Lipinski definition) is 5. The van der Waals surface area contributed by atoms with Crippen LogP contribution in [0.15, 0.2) is 83.8 Å². The molecule has 5 atom stereocenters. The molecule has 3 rings (SSSR count). The molecule has 62 heavy (non-hydrogen) atoms. The van der Waals surface area contributed by atoms with E-state index in [4.69, 9.17) is 22.1 Å². The predicted molar refractivity (Wildman–Crippen MR) is 231 cm³/mol. The van der Waals surface area contributed by atoms with E-state index < -0.39 is 91.6 Å². The van der Waals surface area contributed by atoms with E-state index >= 15 is 0 Å². The first-order valence-corrected chi connectivity index (χ1v) is 21.8. The highest BCUT2D eigenvalue weighted by Crippen LogP contribution is 2.23. The molecule has 338 valence electrons. The molecule has 20 heteroatoms. The van der Waals surface area contributed by atoms with Crippen LogP contribution in [0.25, 0.3) is 0 Å². The lowest BCUT2D eigenvalue weighted by atomic mass is 9.94. The molecular formula is C42H56ClN7O11S. The first-order valence-electron chi connectivity index (χ1n) is 19.9. The Morgan fingerprint density at radius 3 is 2.10 bits per heavy atom. The topological polar surface area (TPSA) is 261 Å². The van der Waals surface area contributed by atoms with E-state index in [2.05, 4.69) is 15.4 Å². The molecule has 0 aliphatic heterocycles. The average Bonchev–Trinajstić information content (AvgIpc) is 3.23. The summed E-state index contributed by atoms with van der Waals surface area (Å²) >= 11 is 6.11. The summed E-state index contributed by atoms with van der Waals surface area (Å²) in [6.45, 7) is 1.13. The van der Waals surface area contributed by atoms with Crippen molar-refractivity contribution < 1.29 is 47.2 Å². The molecule has 0 aliphatic rings. The van der Waals surface area contributed by atoms with Crippen LogP contribution in [0.4, 0.5) is 5.69 Å². The number of halogens is 1. The van der Waals surface area contributed by atoms with Crippen molar-refractivity contribution in [3.63, 3.8) is 0 Å². The van der Waals surface area contributed by atoms with Crippen LogP contribution in [0.5, 0.6) is 0 Å². The smallest absolute Gasteiger partial charge is 0.304 e. The van der Waals surface area contributed by atoms with Gasteiger partial charge >= 0.3 is 5.97 Å². The molecule has 0 aliphatic carbocycles. The number of sulfonamides is 1. The Hall–Kier alpha value is -5.47. The maximum atomic E-state index is 14.0. The number of nitrogens with two attached hydrogens (primary N) is 1. The third-order valence-corrected chi connectivity index (χ3v) is 12.0. The normalized spacial score (nSPS) is 13.8. The highest BCUT2D eigenvalue weighted by atomic mass is 35.5. The van der Waals surface area contributed by atoms with Crippen LogP contribution in [0.3, 0.4) is 0 Å². The zero-order chi connectivity index (χ0) is 46.0. The van der Waals surface area contributed by atoms with Gasteiger partial charge in [-0.15, -0.1) is 0 Å². The van der Waals surface area contributed by atoms with Gasteiger partial charge < -0.3 is 36.0 Å². The van der Waals surface area contributed by atoms with Gasteiger partial charge in [0.05, 0.1) is 29.9 Å². The number of ether oxygens (including phenoxy) is 1. The minimum absolute atomic E-state index is 0.0871. The zero-order valence-corrected chi connectivity index (χ0v) is 36.8. The number of nitro benzene ring substituents is 1. The monoisotopic (exact) mass is 901 g/mol. The number of carboxylic acid groups (broad SMARTS) is 1. The SMILES string of the molecule is COCC(NC(=O)C(C)N)C(=O)N(C)C(CC(=O)NCC(CCCCNS(=O)(=O)c1ccccc1[N+](=O)[O-])N(C)C(=O)C(CC(=O)O)Cc1ccccc1)Cc1ccc(Cl)cc1. The molecule has 0 aromatic heterocycles. The number of carbonyl (C=O) groups excluding carboxylic acids is 4. The molecule has 4 amide bonds. The predicted octanol–water partition coefficient (Wildman–Crippen LogP) is 2.91. The van der Waals surface area contributed by atoms with Crippen molar-refractivity contribution >= 4 is 56.9 Å². The molecule has 0 saturated carbocycles. The molecule has 0 spiro atoms. The molecule has 0 bridgehead atoms. The number of amides is 4. The highest BCUT2D eigenvalue weighted by molar-refractivity contribution is 7.89. The number of nitrogens with one attached hydrogen (secondary N) is 3. The van der Waals surface area contributed by atoms with Gasteiger partial charge in [0.1, 0.15) is 6.04 Å². The first-order chi connectivity index (χ1) is 29.3. The van der Waals surface area contributed by atoms with Crippen molar-refractivity contribution in [3.8, 4) is 0 Å². The third-order valence-electron chi connectivity index (χ3n) is 10.2. The van der Waals surface area contributed by atoms with E-state index in [9.17, 15) is 47.6 Å². The van der Waals surface area contributed by atoms with Gasteiger partial charge in [-0.3, -0.25) is 34.1 Å². The van der Waals surface area contributed by atoms with E-state index in [1.54, 1.807) is 54.6 Å². The summed E-state index contributed by atoms with van der Waals surface area (Å²) in [5.41, 5.74) is 6.67. The molecule has 0 radical (unpaired) electrons. The van der Waals surface area contributed by atoms with Crippen LogP contribution in [-0.4, -0.2) is 123 Å². The second-order valence-corrected chi connectivity index (χ2v) is 17.1. The van der Waals surface area contributed by atoms with Crippen LogP contribution >= 0.6 is 11.6 Å². The molecule has 0 fully saturated rings. The lowest BCUT2D eigenvalue weighted by Crippen LogP contribution is -2.55. The van der Waals surface area contributed by atoms with E-state index in [1.807, 2.05) is 0 Å². The minimum Gasteiger partial charge on any atom is -0.481 e. The number of likely N-dealkylation sites (N-methyl/N-ethyl adjacent to an activating group) is 2. The minimum atomic E-state index is -4.25. The van der Waals surface area contributed by atoms with Crippen molar-refractivity contribution in [2.45, 2.75) is 80.9 Å². The Kier molecular flexibility index (Phi) is 20.4. The zero-order valence-electron chi connectivity index (χ0n) is 35.2. The fourth-order valence-corrected chi connectivity index (χ4v) is 8.08. The van der Waals surface area contributed by atoms with Gasteiger partial charge in [0.2, 0.25) is 33.7 Å². The van der Waals surface area contributed by atoms with Crippen molar-refractivity contribution in [2.75, 3.05) is 40.9 Å². The number of hydrogen-bond acceptors (Lipinski definition) is 11. The standard InChI is InChI=1S/C42H56ClN7O11S/c1-28(44)40(54)47-35(27-61-4)42(56)49(3)34(23-30-17-19-32(43)20-18-30)25-38(51)45-26-33(48(2)41(55)31(24-39(52)53)22-29-12-6-5-7-13-29)14-10-11-21-46-62(59,60)37-16-9-8-15-36(37)50(57)58/h5-9,12-13,15-20,28,31,33-35,46H,10-11,14,21-27,44H2,1-4H3,(H,45,51)(H,47,54)(H,52,53). The maximum Gasteiger partial charge on any atom is 0.304 e. The number of aliphatic carboxylic acids is 1. The van der Waals surface area contributed by atoms with E-state index in [0.29, 0.717) is 11.4 Å². The summed E-state index contributed by atoms with van der Waals surface area (Å²) in [7, 11) is 0.145. The van der Waals surface area contributed by atoms with Crippen LogP contribution in [-0.2, 0) is 51.6 Å². The number of methoxy groups -OCH3 is 1. The van der Waals surface area contributed by atoms with Crippen molar-refractivity contribution in [1.82, 2.24) is 25.2 Å². The Balaban J connectivity index is 1.84. The van der Waals surface area contributed by atoms with Gasteiger partial charge in [0, 0.05) is 63.9 Å². The van der Waals surface area contributed by atoms with E-state index in [-0.39, 0.29) is 51.8 Å². The molecule has 0 saturated heterocycles. The fourth-order valence-electron chi connectivity index (χ4n) is 6.71. The van der Waals surface area contributed by atoms with Gasteiger partial charge in [0.15, 0.2) is 4.90 Å². The third kappa shape index (κ3) is 16.1. The Bertz CT molecular complexity index is 2090. The van der Waals surface area contributed by atoms with Gasteiger partial charge in [-0.2, -0.15) is 0 Å². The molecule has 3 aromatic carbocycles. The van der Waals surface area contributed by atoms with Crippen LogP contribution < -0.4 is 21.1 Å². The second-order valence-electron chi connectivity index (χ2n) is 15.0. The first kappa shape index (κ1) is 50.9. The number of para-hydroxylation sites is 1. The van der Waals surface area contributed by atoms with Crippen molar-refractivity contribution in [2.24, 2.45) is 11.7 Å². The number of nitrogens with zero attached hydrogens (tertiary/aromatic N) is 3. The lowest BCUT2D eigenvalue weighted by Gasteiger charge is -2.33. The number of carboxylic acids is 1. The van der Waals surface area contributed by atoms with Gasteiger partial charge in [-0.05, 0) is 61.9 Å². The second kappa shape index (κ2) is 24.8. The van der Waals surface area contributed by atoms with Gasteiger partial charge in [-0.25, -0.2) is 13.1 Å². The number of benzene rings is 3. The molecule has 6 N–H and O–H groups in total. The van der Waals surface area contributed by atoms with E-state index in [0.717, 1.165) is 23.3 Å². The highest BCUT2D eigenvalue weighted by Gasteiger charge is 2.33. The lowest BCUT2D eigenvalue weighted by molar-refractivity contribution is -0.387. The number of unbranched alkanes of at least 4 members (excludes halogenated alkanes) is 1. The summed E-state index contributed by atoms with van der Waals surface area (Å²) in [4.78, 5) is 79.0. The van der Waals surface area contributed by atoms with E-state index in [1.165, 1.54) is 50.1 Å². The number of carbonyl (C=O) groups is 5. The summed E-state index contributed by atoms with van der Waals surface area (Å²) < 4.78 is 33.5. The Morgan fingerprint density at radius 1 is 0.871 bits per heavy atom. The van der Waals surface area contributed by atoms with Gasteiger partial charge in [0.25, 0.3) is 5.69 Å². The Labute approximate surface area is 366 Å². The van der Waals surface area contributed by atoms with Crippen molar-refractivity contribution in [1.29, 1.82) is 0 Å². The molecule has 3 aromatic rings. The number of nitro groups is 1. The molecule has 0 heterocycles. The van der Waals surface area contributed by atoms with Crippen LogP contribution in [0, 0.1) is 16.0 Å². The summed E-state index contributed by atoms with van der Waals surface area (Å²) in [6.07, 6.45) is 0.506. The Morgan fingerprint density at radius 2 is 1.48 bits per heavy atom. The molecule has 5 unspecified atom stereocenters. The van der Waals surface area contributed by atoms with Crippen LogP contribution in [0.2, 0.25) is 5.02 Å². The van der Waals surface area contributed by atoms with Crippen LogP contribution in [0.1, 0.15) is 50.2 Å². The quantitative estimate of drug-likeness (QED) is 0.0443. The molecular weight excluding hydrogens is 846 g/mol. The fraction of sp³-hybridized carbons (Fsp3) is 0.452. The van der Waals surface area contributed by atoms with Gasteiger partial charge in [-0.1, -0.05) is 72.6 Å². The molecule has 18 nitrogen and oxygen atoms in total. The van der Waals surface area contributed by atoms with Crippen molar-refractivity contribution in [3.05, 3.63) is 105 Å². The average molecular weight is 902 g/mol. The summed E-state index contributed by atoms with van der Waals surface area (Å²) in [6, 6.07) is 17.3. The number of rotatable bonds is 26. The maximum absolute atomic E-state index is 14.0. The summed E-state index contributed by atoms with van der Waals surface area (Å²) in [5, 5.41) is 27.1. The summed E-state index contributed by atoms with van der Waals surface area (Å²) in [5.74, 6) is -4.18. The largest absolute Gasteiger partial charge is 0.481 e.